The van der Waals surface area contributed by atoms with E-state index in [0.717, 1.165) is 27.9 Å². The van der Waals surface area contributed by atoms with Gasteiger partial charge in [-0.1, -0.05) is 42.0 Å². The monoisotopic (exact) mass is 266 g/mol. The van der Waals surface area contributed by atoms with Crippen molar-refractivity contribution in [2.75, 3.05) is 5.32 Å². The third-order valence-electron chi connectivity index (χ3n) is 3.82. The van der Waals surface area contributed by atoms with Gasteiger partial charge in [-0.2, -0.15) is 0 Å². The van der Waals surface area contributed by atoms with E-state index in [1.54, 1.807) is 0 Å². The van der Waals surface area contributed by atoms with Gasteiger partial charge in [0.05, 0.1) is 12.5 Å². The Bertz CT molecular complexity index is 691. The van der Waals surface area contributed by atoms with E-state index in [1.165, 1.54) is 5.56 Å². The summed E-state index contributed by atoms with van der Waals surface area (Å²) in [4.78, 5) is 11.5. The second-order valence-electron chi connectivity index (χ2n) is 5.49. The van der Waals surface area contributed by atoms with Gasteiger partial charge in [0.2, 0.25) is 5.91 Å². The molecule has 1 atom stereocenters. The molecule has 2 aromatic rings. The van der Waals surface area contributed by atoms with E-state index < -0.39 is 0 Å². The maximum atomic E-state index is 11.5. The number of rotatable bonds is 2. The van der Waals surface area contributed by atoms with Crippen LogP contribution in [-0.4, -0.2) is 5.91 Å². The fourth-order valence-electron chi connectivity index (χ4n) is 2.80. The number of hydrogen-bond acceptors (Lipinski definition) is 2. The third kappa shape index (κ3) is 2.21. The first-order chi connectivity index (χ1) is 9.54. The maximum Gasteiger partial charge on any atom is 0.228 e. The normalized spacial score (nSPS) is 14.8. The Balaban J connectivity index is 2.01. The number of aryl methyl sites for hydroxylation is 2. The van der Waals surface area contributed by atoms with Crippen LogP contribution >= 0.6 is 0 Å². The average molecular weight is 266 g/mol. The second kappa shape index (κ2) is 4.76. The molecule has 20 heavy (non-hydrogen) atoms. The fourth-order valence-corrected chi connectivity index (χ4v) is 2.80. The van der Waals surface area contributed by atoms with E-state index in [9.17, 15) is 4.79 Å². The Morgan fingerprint density at radius 3 is 2.70 bits per heavy atom. The molecule has 1 aliphatic rings. The highest BCUT2D eigenvalue weighted by Crippen LogP contribution is 2.31. The summed E-state index contributed by atoms with van der Waals surface area (Å²) in [5.41, 5.74) is 12.8. The minimum Gasteiger partial charge on any atom is -0.325 e. The van der Waals surface area contributed by atoms with Gasteiger partial charge in [0.1, 0.15) is 0 Å². The van der Waals surface area contributed by atoms with Crippen LogP contribution in [0.3, 0.4) is 0 Å². The number of carbonyl (C=O) groups excluding carboxylic acids is 1. The van der Waals surface area contributed by atoms with Crippen LogP contribution in [0.2, 0.25) is 0 Å². The quantitative estimate of drug-likeness (QED) is 0.878. The minimum atomic E-state index is -0.158. The van der Waals surface area contributed by atoms with Crippen molar-refractivity contribution in [3.63, 3.8) is 0 Å². The van der Waals surface area contributed by atoms with Crippen LogP contribution in [0.25, 0.3) is 0 Å². The summed E-state index contributed by atoms with van der Waals surface area (Å²) in [5.74, 6) is 0.0596. The smallest absolute Gasteiger partial charge is 0.228 e. The molecular weight excluding hydrogens is 248 g/mol. The first-order valence-electron chi connectivity index (χ1n) is 6.80. The van der Waals surface area contributed by atoms with Gasteiger partial charge in [-0.25, -0.2) is 0 Å². The molecule has 0 aliphatic carbocycles. The summed E-state index contributed by atoms with van der Waals surface area (Å²) in [6.07, 6.45) is 0.449. The van der Waals surface area contributed by atoms with Gasteiger partial charge >= 0.3 is 0 Å². The molecule has 102 valence electrons. The Kier molecular flexibility index (Phi) is 3.07. The van der Waals surface area contributed by atoms with Gasteiger partial charge in [-0.05, 0) is 36.1 Å². The lowest BCUT2D eigenvalue weighted by Crippen LogP contribution is -2.12. The van der Waals surface area contributed by atoms with Gasteiger partial charge in [-0.15, -0.1) is 0 Å². The number of hydrogen-bond donors (Lipinski definition) is 2. The molecule has 0 fully saturated rings. The molecule has 0 saturated heterocycles. The molecule has 2 aromatic carbocycles. The number of amides is 1. The number of fused-ring (bicyclic) bond motifs is 1. The summed E-state index contributed by atoms with van der Waals surface area (Å²) in [6.45, 7) is 4.07. The topological polar surface area (TPSA) is 55.1 Å². The number of nitrogens with one attached hydrogen (secondary N) is 1. The standard InChI is InChI=1S/C17H18N2O/c1-10-4-3-5-12(6-10)16(18)13-7-11(2)17-14(8-13)9-15(20)19-17/h3-8,16H,9,18H2,1-2H3,(H,19,20). The van der Waals surface area contributed by atoms with Crippen LogP contribution < -0.4 is 11.1 Å². The summed E-state index contributed by atoms with van der Waals surface area (Å²) < 4.78 is 0. The van der Waals surface area contributed by atoms with Crippen LogP contribution in [0.1, 0.15) is 33.9 Å². The number of anilines is 1. The summed E-state index contributed by atoms with van der Waals surface area (Å²) in [5, 5.41) is 2.90. The molecule has 0 bridgehead atoms. The Labute approximate surface area is 118 Å². The summed E-state index contributed by atoms with van der Waals surface area (Å²) in [7, 11) is 0. The lowest BCUT2D eigenvalue weighted by Gasteiger charge is -2.16. The van der Waals surface area contributed by atoms with Gasteiger partial charge in [-0.3, -0.25) is 4.79 Å². The van der Waals surface area contributed by atoms with Crippen molar-refractivity contribution in [3.05, 3.63) is 64.2 Å². The van der Waals surface area contributed by atoms with Crippen LogP contribution in [0.15, 0.2) is 36.4 Å². The van der Waals surface area contributed by atoms with E-state index in [4.69, 9.17) is 5.73 Å². The van der Waals surface area contributed by atoms with Gasteiger partial charge < -0.3 is 11.1 Å². The van der Waals surface area contributed by atoms with Crippen molar-refractivity contribution >= 4 is 11.6 Å². The molecule has 1 unspecified atom stereocenters. The molecule has 1 aliphatic heterocycles. The third-order valence-corrected chi connectivity index (χ3v) is 3.82. The van der Waals surface area contributed by atoms with Crippen molar-refractivity contribution in [2.45, 2.75) is 26.3 Å². The first kappa shape index (κ1) is 12.9. The molecule has 3 nitrogen and oxygen atoms in total. The van der Waals surface area contributed by atoms with E-state index in [1.807, 2.05) is 25.1 Å². The number of benzene rings is 2. The van der Waals surface area contributed by atoms with Crippen molar-refractivity contribution in [1.82, 2.24) is 0 Å². The zero-order valence-electron chi connectivity index (χ0n) is 11.7. The highest BCUT2D eigenvalue weighted by Gasteiger charge is 2.21. The van der Waals surface area contributed by atoms with E-state index in [2.05, 4.69) is 30.4 Å². The van der Waals surface area contributed by atoms with E-state index in [0.29, 0.717) is 6.42 Å². The highest BCUT2D eigenvalue weighted by atomic mass is 16.1. The number of carbonyl (C=O) groups is 1. The van der Waals surface area contributed by atoms with Crippen molar-refractivity contribution in [3.8, 4) is 0 Å². The van der Waals surface area contributed by atoms with Crippen molar-refractivity contribution in [1.29, 1.82) is 0 Å². The molecule has 1 heterocycles. The second-order valence-corrected chi connectivity index (χ2v) is 5.49. The van der Waals surface area contributed by atoms with Crippen LogP contribution in [-0.2, 0) is 11.2 Å². The van der Waals surface area contributed by atoms with Crippen LogP contribution in [0.4, 0.5) is 5.69 Å². The fraction of sp³-hybridized carbons (Fsp3) is 0.235. The largest absolute Gasteiger partial charge is 0.325 e. The Morgan fingerprint density at radius 2 is 1.95 bits per heavy atom. The molecule has 3 heteroatoms. The van der Waals surface area contributed by atoms with Gasteiger partial charge in [0.15, 0.2) is 0 Å². The van der Waals surface area contributed by atoms with Gasteiger partial charge in [0, 0.05) is 5.69 Å². The van der Waals surface area contributed by atoms with Crippen molar-refractivity contribution in [2.24, 2.45) is 5.73 Å². The zero-order chi connectivity index (χ0) is 14.3. The highest BCUT2D eigenvalue weighted by molar-refractivity contribution is 6.00. The van der Waals surface area contributed by atoms with Crippen LogP contribution in [0, 0.1) is 13.8 Å². The predicted octanol–water partition coefficient (Wildman–Crippen LogP) is 2.85. The molecule has 3 rings (SSSR count). The lowest BCUT2D eigenvalue weighted by atomic mass is 9.94. The Morgan fingerprint density at radius 1 is 1.15 bits per heavy atom. The molecule has 0 saturated carbocycles. The van der Waals surface area contributed by atoms with E-state index >= 15 is 0 Å². The minimum absolute atomic E-state index is 0.0596. The molecule has 0 spiro atoms. The molecule has 3 N–H and O–H groups in total. The molecule has 0 radical (unpaired) electrons. The first-order valence-corrected chi connectivity index (χ1v) is 6.80. The molecule has 1 amide bonds. The van der Waals surface area contributed by atoms with Gasteiger partial charge in [0.25, 0.3) is 0 Å². The average Bonchev–Trinajstić information content (AvgIpc) is 2.79. The number of nitrogens with two attached hydrogens (primary N) is 1. The molecule has 0 aromatic heterocycles. The summed E-state index contributed by atoms with van der Waals surface area (Å²) >= 11 is 0. The van der Waals surface area contributed by atoms with Crippen molar-refractivity contribution < 1.29 is 4.79 Å². The predicted molar refractivity (Wildman–Crippen MR) is 80.7 cm³/mol. The SMILES string of the molecule is Cc1cccc(C(N)c2cc(C)c3c(c2)CC(=O)N3)c1. The maximum absolute atomic E-state index is 11.5. The summed E-state index contributed by atoms with van der Waals surface area (Å²) in [6, 6.07) is 12.2. The van der Waals surface area contributed by atoms with Crippen LogP contribution in [0.5, 0.6) is 0 Å². The lowest BCUT2D eigenvalue weighted by molar-refractivity contribution is -0.115. The zero-order valence-corrected chi connectivity index (χ0v) is 11.7. The molecular formula is C17H18N2O. The Hall–Kier alpha value is -2.13. The van der Waals surface area contributed by atoms with E-state index in [-0.39, 0.29) is 11.9 Å².